The van der Waals surface area contributed by atoms with Crippen LogP contribution in [-0.4, -0.2) is 47.9 Å². The van der Waals surface area contributed by atoms with E-state index in [1.807, 2.05) is 5.38 Å². The highest BCUT2D eigenvalue weighted by atomic mass is 32.1. The lowest BCUT2D eigenvalue weighted by Crippen LogP contribution is -2.52. The second-order valence-electron chi connectivity index (χ2n) is 5.37. The molecule has 0 radical (unpaired) electrons. The van der Waals surface area contributed by atoms with Gasteiger partial charge in [-0.3, -0.25) is 9.59 Å². The Labute approximate surface area is 137 Å². The first kappa shape index (κ1) is 16.0. The van der Waals surface area contributed by atoms with Crippen LogP contribution in [0.25, 0.3) is 0 Å². The number of carbonyl (C=O) groups is 2. The Balaban J connectivity index is 1.55. The number of hydrazone groups is 1. The van der Waals surface area contributed by atoms with Crippen molar-refractivity contribution in [3.8, 4) is 0 Å². The minimum absolute atomic E-state index is 0.131. The predicted octanol–water partition coefficient (Wildman–Crippen LogP) is 0.199. The Morgan fingerprint density at radius 3 is 3.17 bits per heavy atom. The standard InChI is InChI=1S/C14H18N4O4S/c19-13-2-1-10(17-18-13)14(20)16-11-6-21-4-3-12(11)22-5-9-7-23-8-15-9/h7-8,11-12H,1-6H2,(H,16,20)(H,18,19)/t11-,12+/m1/s1. The van der Waals surface area contributed by atoms with E-state index in [0.29, 0.717) is 38.4 Å². The van der Waals surface area contributed by atoms with Crippen molar-refractivity contribution in [1.82, 2.24) is 15.7 Å². The molecule has 2 N–H and O–H groups in total. The molecule has 8 nitrogen and oxygen atoms in total. The van der Waals surface area contributed by atoms with Gasteiger partial charge in [-0.05, 0) is 6.42 Å². The smallest absolute Gasteiger partial charge is 0.267 e. The van der Waals surface area contributed by atoms with E-state index < -0.39 is 0 Å². The maximum atomic E-state index is 12.2. The lowest BCUT2D eigenvalue weighted by molar-refractivity contribution is -0.122. The lowest BCUT2D eigenvalue weighted by atomic mass is 10.1. The largest absolute Gasteiger partial charge is 0.379 e. The monoisotopic (exact) mass is 338 g/mol. The number of nitrogens with one attached hydrogen (secondary N) is 2. The molecule has 23 heavy (non-hydrogen) atoms. The van der Waals surface area contributed by atoms with E-state index >= 15 is 0 Å². The van der Waals surface area contributed by atoms with Crippen LogP contribution in [0.2, 0.25) is 0 Å². The van der Waals surface area contributed by atoms with Gasteiger partial charge in [0.25, 0.3) is 5.91 Å². The van der Waals surface area contributed by atoms with E-state index in [4.69, 9.17) is 9.47 Å². The Kier molecular flexibility index (Phi) is 5.31. The lowest BCUT2D eigenvalue weighted by Gasteiger charge is -2.32. The number of carbonyl (C=O) groups excluding carboxylic acids is 2. The number of rotatable bonds is 5. The molecule has 9 heteroatoms. The van der Waals surface area contributed by atoms with Gasteiger partial charge in [0.05, 0.1) is 36.6 Å². The van der Waals surface area contributed by atoms with Gasteiger partial charge in [-0.25, -0.2) is 10.4 Å². The van der Waals surface area contributed by atoms with Crippen molar-refractivity contribution in [3.05, 3.63) is 16.6 Å². The van der Waals surface area contributed by atoms with Crippen molar-refractivity contribution in [2.75, 3.05) is 13.2 Å². The minimum atomic E-state index is -0.289. The highest BCUT2D eigenvalue weighted by Crippen LogP contribution is 2.15. The van der Waals surface area contributed by atoms with Crippen LogP contribution in [0.1, 0.15) is 25.0 Å². The zero-order valence-electron chi connectivity index (χ0n) is 12.5. The van der Waals surface area contributed by atoms with E-state index in [1.54, 1.807) is 5.51 Å². The van der Waals surface area contributed by atoms with Crippen molar-refractivity contribution in [1.29, 1.82) is 0 Å². The van der Waals surface area contributed by atoms with E-state index in [2.05, 4.69) is 20.8 Å². The van der Waals surface area contributed by atoms with Gasteiger partial charge in [-0.2, -0.15) is 5.10 Å². The Morgan fingerprint density at radius 2 is 2.43 bits per heavy atom. The second kappa shape index (κ2) is 7.62. The number of hydrogen-bond donors (Lipinski definition) is 2. The van der Waals surface area contributed by atoms with Gasteiger partial charge in [0.15, 0.2) is 0 Å². The highest BCUT2D eigenvalue weighted by molar-refractivity contribution is 7.07. The summed E-state index contributed by atoms with van der Waals surface area (Å²) in [5.41, 5.74) is 5.29. The van der Waals surface area contributed by atoms with Gasteiger partial charge in [-0.1, -0.05) is 0 Å². The van der Waals surface area contributed by atoms with Gasteiger partial charge < -0.3 is 14.8 Å². The molecule has 0 spiro atoms. The molecule has 0 unspecified atom stereocenters. The third-order valence-electron chi connectivity index (χ3n) is 3.70. The fourth-order valence-corrected chi connectivity index (χ4v) is 2.99. The summed E-state index contributed by atoms with van der Waals surface area (Å²) in [6.07, 6.45) is 1.19. The summed E-state index contributed by atoms with van der Waals surface area (Å²) < 4.78 is 11.3. The summed E-state index contributed by atoms with van der Waals surface area (Å²) in [5, 5.41) is 8.63. The quantitative estimate of drug-likeness (QED) is 0.798. The molecule has 0 aromatic carbocycles. The van der Waals surface area contributed by atoms with E-state index in [1.165, 1.54) is 11.3 Å². The number of aromatic nitrogens is 1. The van der Waals surface area contributed by atoms with Crippen LogP contribution in [0, 0.1) is 0 Å². The fourth-order valence-electron chi connectivity index (χ4n) is 2.44. The molecule has 2 aliphatic heterocycles. The summed E-state index contributed by atoms with van der Waals surface area (Å²) in [5.74, 6) is -0.463. The molecule has 3 rings (SSSR count). The van der Waals surface area contributed by atoms with Crippen molar-refractivity contribution < 1.29 is 19.1 Å². The van der Waals surface area contributed by atoms with Crippen molar-refractivity contribution in [3.63, 3.8) is 0 Å². The van der Waals surface area contributed by atoms with Crippen LogP contribution >= 0.6 is 11.3 Å². The van der Waals surface area contributed by atoms with E-state index in [9.17, 15) is 9.59 Å². The van der Waals surface area contributed by atoms with Crippen molar-refractivity contribution in [2.24, 2.45) is 5.10 Å². The van der Waals surface area contributed by atoms with Crippen molar-refractivity contribution >= 4 is 28.9 Å². The first-order valence-corrected chi connectivity index (χ1v) is 8.39. The normalized spacial score (nSPS) is 24.7. The average molecular weight is 338 g/mol. The molecule has 3 heterocycles. The second-order valence-corrected chi connectivity index (χ2v) is 6.08. The molecule has 0 saturated carbocycles. The summed E-state index contributed by atoms with van der Waals surface area (Å²) in [7, 11) is 0. The van der Waals surface area contributed by atoms with E-state index in [0.717, 1.165) is 5.69 Å². The topological polar surface area (TPSA) is 102 Å². The third kappa shape index (κ3) is 4.34. The summed E-state index contributed by atoms with van der Waals surface area (Å²) in [6, 6.07) is -0.241. The molecular weight excluding hydrogens is 320 g/mol. The molecule has 1 fully saturated rings. The van der Waals surface area contributed by atoms with Crippen LogP contribution in [0.5, 0.6) is 0 Å². The SMILES string of the molecule is O=C1CCC(C(=O)N[C@@H]2COCC[C@@H]2OCc2cscn2)=NN1. The summed E-state index contributed by atoms with van der Waals surface area (Å²) >= 11 is 1.52. The molecule has 1 aromatic heterocycles. The number of ether oxygens (including phenoxy) is 2. The van der Waals surface area contributed by atoms with Gasteiger partial charge in [0.2, 0.25) is 5.91 Å². The average Bonchev–Trinajstić information content (AvgIpc) is 3.08. The molecule has 1 saturated heterocycles. The molecule has 2 atom stereocenters. The third-order valence-corrected chi connectivity index (χ3v) is 4.34. The zero-order valence-corrected chi connectivity index (χ0v) is 13.3. The highest BCUT2D eigenvalue weighted by Gasteiger charge is 2.30. The molecule has 1 aromatic rings. The molecule has 124 valence electrons. The number of amides is 2. The Morgan fingerprint density at radius 1 is 1.52 bits per heavy atom. The van der Waals surface area contributed by atoms with Crippen LogP contribution < -0.4 is 10.7 Å². The van der Waals surface area contributed by atoms with Gasteiger partial charge >= 0.3 is 0 Å². The first-order chi connectivity index (χ1) is 11.2. The van der Waals surface area contributed by atoms with Gasteiger partial charge in [0.1, 0.15) is 5.71 Å². The maximum absolute atomic E-state index is 12.2. The molecule has 2 amide bonds. The first-order valence-electron chi connectivity index (χ1n) is 7.45. The molecule has 0 aliphatic carbocycles. The summed E-state index contributed by atoms with van der Waals surface area (Å²) in [6.45, 7) is 1.41. The van der Waals surface area contributed by atoms with Gasteiger partial charge in [-0.15, -0.1) is 11.3 Å². The van der Waals surface area contributed by atoms with Crippen LogP contribution in [0.15, 0.2) is 16.0 Å². The Hall–Kier alpha value is -1.84. The number of hydrogen-bond acceptors (Lipinski definition) is 7. The molecule has 2 aliphatic rings. The molecule has 0 bridgehead atoms. The minimum Gasteiger partial charge on any atom is -0.379 e. The fraction of sp³-hybridized carbons (Fsp3) is 0.571. The molecular formula is C14H18N4O4S. The maximum Gasteiger partial charge on any atom is 0.267 e. The zero-order chi connectivity index (χ0) is 16.1. The van der Waals surface area contributed by atoms with Crippen LogP contribution in [0.3, 0.4) is 0 Å². The Bertz CT molecular complexity index is 590. The van der Waals surface area contributed by atoms with Crippen molar-refractivity contribution in [2.45, 2.75) is 38.0 Å². The summed E-state index contributed by atoms with van der Waals surface area (Å²) in [4.78, 5) is 27.5. The van der Waals surface area contributed by atoms with Gasteiger partial charge in [0, 0.05) is 24.8 Å². The van der Waals surface area contributed by atoms with E-state index in [-0.39, 0.29) is 30.4 Å². The number of thiazole rings is 1. The predicted molar refractivity (Wildman–Crippen MR) is 82.9 cm³/mol. The van der Waals surface area contributed by atoms with Crippen LogP contribution in [0.4, 0.5) is 0 Å². The number of nitrogens with zero attached hydrogens (tertiary/aromatic N) is 2. The van der Waals surface area contributed by atoms with Crippen LogP contribution in [-0.2, 0) is 25.7 Å².